The van der Waals surface area contributed by atoms with Crippen molar-refractivity contribution in [2.24, 2.45) is 5.92 Å². The predicted octanol–water partition coefficient (Wildman–Crippen LogP) is 4.00. The van der Waals surface area contributed by atoms with Crippen LogP contribution in [-0.2, 0) is 14.8 Å². The maximum Gasteiger partial charge on any atom is 0.248 e. The molecule has 2 heterocycles. The Morgan fingerprint density at radius 3 is 2.29 bits per heavy atom. The third kappa shape index (κ3) is 5.41. The van der Waals surface area contributed by atoms with Crippen molar-refractivity contribution in [3.63, 3.8) is 0 Å². The molecule has 1 aliphatic rings. The first-order valence-electron chi connectivity index (χ1n) is 11.8. The minimum atomic E-state index is -3.71. The number of benzene rings is 2. The van der Waals surface area contributed by atoms with Crippen molar-refractivity contribution in [1.29, 1.82) is 0 Å². The molecule has 1 unspecified atom stereocenters. The number of sulfonamides is 1. The van der Waals surface area contributed by atoms with Crippen LogP contribution >= 0.6 is 0 Å². The molecule has 4 rings (SSSR count). The van der Waals surface area contributed by atoms with E-state index in [9.17, 15) is 13.2 Å². The van der Waals surface area contributed by atoms with Gasteiger partial charge in [0.1, 0.15) is 16.3 Å². The van der Waals surface area contributed by atoms with Crippen molar-refractivity contribution in [2.75, 3.05) is 19.7 Å². The average Bonchev–Trinajstić information content (AvgIpc) is 3.22. The molecule has 2 aromatic carbocycles. The van der Waals surface area contributed by atoms with Crippen LogP contribution in [0.5, 0.6) is 5.75 Å². The molecule has 3 aromatic rings. The van der Waals surface area contributed by atoms with E-state index in [0.29, 0.717) is 25.1 Å². The first-order valence-corrected chi connectivity index (χ1v) is 13.3. The maximum atomic E-state index is 13.3. The third-order valence-corrected chi connectivity index (χ3v) is 8.48. The first kappa shape index (κ1) is 24.9. The normalized spacial score (nSPS) is 16.1. The molecule has 1 fully saturated rings. The number of nitrogens with one attached hydrogen (secondary N) is 1. The van der Waals surface area contributed by atoms with Crippen molar-refractivity contribution in [3.8, 4) is 5.75 Å². The third-order valence-electron chi connectivity index (χ3n) is 6.33. The van der Waals surface area contributed by atoms with Crippen molar-refractivity contribution in [3.05, 3.63) is 77.2 Å². The SMILES string of the molecule is CCOc1ccc(C(NC(=O)C2CCN(S(=O)(=O)c3c(C)noc3C)CC2)c2ccccc2)cc1. The summed E-state index contributed by atoms with van der Waals surface area (Å²) in [5, 5.41) is 6.97. The highest BCUT2D eigenvalue weighted by molar-refractivity contribution is 7.89. The molecule has 0 spiro atoms. The van der Waals surface area contributed by atoms with Crippen LogP contribution in [-0.4, -0.2) is 43.5 Å². The van der Waals surface area contributed by atoms with Crippen LogP contribution in [0.4, 0.5) is 0 Å². The summed E-state index contributed by atoms with van der Waals surface area (Å²) >= 11 is 0. The van der Waals surface area contributed by atoms with E-state index in [2.05, 4.69) is 10.5 Å². The Bertz CT molecular complexity index is 1230. The zero-order valence-electron chi connectivity index (χ0n) is 20.2. The minimum Gasteiger partial charge on any atom is -0.494 e. The van der Waals surface area contributed by atoms with Gasteiger partial charge in [-0.25, -0.2) is 8.42 Å². The van der Waals surface area contributed by atoms with Gasteiger partial charge in [0.25, 0.3) is 0 Å². The summed E-state index contributed by atoms with van der Waals surface area (Å²) in [6.07, 6.45) is 0.887. The molecule has 1 atom stereocenters. The predicted molar refractivity (Wildman–Crippen MR) is 131 cm³/mol. The Morgan fingerprint density at radius 1 is 1.09 bits per heavy atom. The molecule has 0 radical (unpaired) electrons. The second-order valence-corrected chi connectivity index (χ2v) is 10.6. The van der Waals surface area contributed by atoms with E-state index in [1.165, 1.54) is 4.31 Å². The summed E-state index contributed by atoms with van der Waals surface area (Å²) < 4.78 is 38.2. The van der Waals surface area contributed by atoms with E-state index in [1.54, 1.807) is 13.8 Å². The summed E-state index contributed by atoms with van der Waals surface area (Å²) in [5.41, 5.74) is 2.28. The summed E-state index contributed by atoms with van der Waals surface area (Å²) in [6.45, 7) is 6.27. The number of rotatable bonds is 8. The molecule has 8 nitrogen and oxygen atoms in total. The van der Waals surface area contributed by atoms with Crippen molar-refractivity contribution < 1.29 is 22.5 Å². The minimum absolute atomic E-state index is 0.0814. The van der Waals surface area contributed by atoms with Crippen LogP contribution < -0.4 is 10.1 Å². The fraction of sp³-hybridized carbons (Fsp3) is 0.385. The molecule has 9 heteroatoms. The Morgan fingerprint density at radius 2 is 1.71 bits per heavy atom. The van der Waals surface area contributed by atoms with Gasteiger partial charge in [0.15, 0.2) is 5.76 Å². The zero-order chi connectivity index (χ0) is 25.0. The Balaban J connectivity index is 1.46. The standard InChI is InChI=1S/C26H31N3O5S/c1-4-33-23-12-10-21(11-13-23)24(20-8-6-5-7-9-20)27-26(30)22-14-16-29(17-15-22)35(31,32)25-18(2)28-34-19(25)3/h5-13,22,24H,4,14-17H2,1-3H3,(H,27,30). The molecule has 186 valence electrons. The van der Waals surface area contributed by atoms with Gasteiger partial charge in [0.05, 0.1) is 12.6 Å². The number of hydrogen-bond donors (Lipinski definition) is 1. The maximum absolute atomic E-state index is 13.3. The number of amides is 1. The lowest BCUT2D eigenvalue weighted by Crippen LogP contribution is -2.44. The van der Waals surface area contributed by atoms with E-state index < -0.39 is 10.0 Å². The number of hydrogen-bond acceptors (Lipinski definition) is 6. The lowest BCUT2D eigenvalue weighted by molar-refractivity contribution is -0.126. The van der Waals surface area contributed by atoms with Crippen molar-refractivity contribution in [1.82, 2.24) is 14.8 Å². The quantitative estimate of drug-likeness (QED) is 0.505. The molecule has 1 saturated heterocycles. The van der Waals surface area contributed by atoms with Crippen LogP contribution in [0.2, 0.25) is 0 Å². The van der Waals surface area contributed by atoms with Crippen LogP contribution in [0.1, 0.15) is 48.4 Å². The molecular formula is C26H31N3O5S. The number of aryl methyl sites for hydroxylation is 2. The van der Waals surface area contributed by atoms with E-state index in [-0.39, 0.29) is 41.6 Å². The van der Waals surface area contributed by atoms with Gasteiger partial charge in [-0.1, -0.05) is 47.6 Å². The molecule has 1 aliphatic heterocycles. The lowest BCUT2D eigenvalue weighted by atomic mass is 9.94. The fourth-order valence-electron chi connectivity index (χ4n) is 4.52. The van der Waals surface area contributed by atoms with Crippen molar-refractivity contribution >= 4 is 15.9 Å². The van der Waals surface area contributed by atoms with E-state index >= 15 is 0 Å². The van der Waals surface area contributed by atoms with Crippen LogP contribution in [0.25, 0.3) is 0 Å². The molecule has 0 aliphatic carbocycles. The molecule has 35 heavy (non-hydrogen) atoms. The second kappa shape index (κ2) is 10.6. The molecular weight excluding hydrogens is 466 g/mol. The molecule has 0 bridgehead atoms. The van der Waals surface area contributed by atoms with Gasteiger partial charge in [-0.2, -0.15) is 4.31 Å². The van der Waals surface area contributed by atoms with Gasteiger partial charge in [0, 0.05) is 19.0 Å². The number of aromatic nitrogens is 1. The van der Waals surface area contributed by atoms with Crippen LogP contribution in [0.3, 0.4) is 0 Å². The summed E-state index contributed by atoms with van der Waals surface area (Å²) in [7, 11) is -3.71. The highest BCUT2D eigenvalue weighted by Gasteiger charge is 2.36. The molecule has 1 amide bonds. The van der Waals surface area contributed by atoms with Gasteiger partial charge in [-0.15, -0.1) is 0 Å². The zero-order valence-corrected chi connectivity index (χ0v) is 21.0. The van der Waals surface area contributed by atoms with E-state index in [0.717, 1.165) is 16.9 Å². The highest BCUT2D eigenvalue weighted by Crippen LogP contribution is 2.29. The highest BCUT2D eigenvalue weighted by atomic mass is 32.2. The number of nitrogens with zero attached hydrogens (tertiary/aromatic N) is 2. The molecule has 1 aromatic heterocycles. The van der Waals surface area contributed by atoms with Gasteiger partial charge in [0.2, 0.25) is 15.9 Å². The van der Waals surface area contributed by atoms with E-state index in [4.69, 9.17) is 9.26 Å². The average molecular weight is 498 g/mol. The first-order chi connectivity index (χ1) is 16.8. The van der Waals surface area contributed by atoms with Crippen LogP contribution in [0, 0.1) is 19.8 Å². The van der Waals surface area contributed by atoms with Crippen LogP contribution in [0.15, 0.2) is 64.0 Å². The number of ether oxygens (including phenoxy) is 1. The largest absolute Gasteiger partial charge is 0.494 e. The Kier molecular flexibility index (Phi) is 7.57. The smallest absolute Gasteiger partial charge is 0.248 e. The van der Waals surface area contributed by atoms with Crippen molar-refractivity contribution in [2.45, 2.75) is 44.6 Å². The number of piperidine rings is 1. The number of carbonyl (C=O) groups is 1. The van der Waals surface area contributed by atoms with Gasteiger partial charge in [-0.05, 0) is 56.9 Å². The number of carbonyl (C=O) groups excluding carboxylic acids is 1. The Hall–Kier alpha value is -3.17. The van der Waals surface area contributed by atoms with E-state index in [1.807, 2.05) is 61.5 Å². The summed E-state index contributed by atoms with van der Waals surface area (Å²) in [6, 6.07) is 17.2. The fourth-order valence-corrected chi connectivity index (χ4v) is 6.28. The monoisotopic (exact) mass is 497 g/mol. The Labute approximate surface area is 206 Å². The molecule has 0 saturated carbocycles. The van der Waals surface area contributed by atoms with Gasteiger partial charge >= 0.3 is 0 Å². The topological polar surface area (TPSA) is 102 Å². The van der Waals surface area contributed by atoms with Gasteiger partial charge in [-0.3, -0.25) is 4.79 Å². The van der Waals surface area contributed by atoms with Gasteiger partial charge < -0.3 is 14.6 Å². The molecule has 1 N–H and O–H groups in total. The summed E-state index contributed by atoms with van der Waals surface area (Å²) in [4.78, 5) is 13.4. The second-order valence-electron chi connectivity index (χ2n) is 8.69. The summed E-state index contributed by atoms with van der Waals surface area (Å²) in [5.74, 6) is 0.701. The lowest BCUT2D eigenvalue weighted by Gasteiger charge is -2.31.